The molecule has 0 aliphatic heterocycles. The van der Waals surface area contributed by atoms with Gasteiger partial charge in [-0.3, -0.25) is 10.1 Å². The second-order valence-corrected chi connectivity index (χ2v) is 8.23. The molecule has 0 aliphatic carbocycles. The molecule has 1 amide bonds. The van der Waals surface area contributed by atoms with Crippen LogP contribution in [0.4, 0.5) is 5.13 Å². The van der Waals surface area contributed by atoms with Gasteiger partial charge in [-0.2, -0.15) is 0 Å². The number of carbonyl (C=O) groups is 1. The molecular formula is C28H26N2O3S. The Morgan fingerprint density at radius 2 is 1.56 bits per heavy atom. The molecule has 0 unspecified atom stereocenters. The summed E-state index contributed by atoms with van der Waals surface area (Å²) in [6.45, 7) is 4.95. The Bertz CT molecular complexity index is 1260. The lowest BCUT2D eigenvalue weighted by Crippen LogP contribution is -2.07. The van der Waals surface area contributed by atoms with Gasteiger partial charge >= 0.3 is 0 Å². The Hall–Kier alpha value is -3.90. The highest BCUT2D eigenvalue weighted by Gasteiger charge is 2.08. The zero-order valence-electron chi connectivity index (χ0n) is 19.2. The van der Waals surface area contributed by atoms with Gasteiger partial charge in [-0.15, -0.1) is 11.3 Å². The van der Waals surface area contributed by atoms with E-state index in [4.69, 9.17) is 9.47 Å². The molecule has 0 atom stereocenters. The smallest absolute Gasteiger partial charge is 0.250 e. The van der Waals surface area contributed by atoms with Crippen LogP contribution in [-0.4, -0.2) is 24.1 Å². The number of nitrogens with zero attached hydrogens (tertiary/aromatic N) is 1. The van der Waals surface area contributed by atoms with Crippen LogP contribution in [0.5, 0.6) is 11.5 Å². The Balaban J connectivity index is 1.40. The van der Waals surface area contributed by atoms with Crippen molar-refractivity contribution in [2.24, 2.45) is 0 Å². The van der Waals surface area contributed by atoms with Crippen molar-refractivity contribution >= 4 is 28.5 Å². The third kappa shape index (κ3) is 5.91. The zero-order chi connectivity index (χ0) is 23.8. The topological polar surface area (TPSA) is 60.5 Å². The normalized spacial score (nSPS) is 10.9. The van der Waals surface area contributed by atoms with Crippen molar-refractivity contribution in [3.63, 3.8) is 0 Å². The highest BCUT2D eigenvalue weighted by atomic mass is 32.1. The molecule has 0 fully saturated rings. The van der Waals surface area contributed by atoms with Crippen LogP contribution in [-0.2, 0) is 4.79 Å². The molecular weight excluding hydrogens is 444 g/mol. The first-order valence-electron chi connectivity index (χ1n) is 11.2. The fourth-order valence-corrected chi connectivity index (χ4v) is 4.14. The molecule has 3 aromatic carbocycles. The molecule has 1 aromatic heterocycles. The molecule has 0 aliphatic rings. The van der Waals surface area contributed by atoms with E-state index < -0.39 is 0 Å². The minimum Gasteiger partial charge on any atom is -0.490 e. The highest BCUT2D eigenvalue weighted by Crippen LogP contribution is 2.30. The van der Waals surface area contributed by atoms with Crippen molar-refractivity contribution in [2.45, 2.75) is 13.8 Å². The number of benzene rings is 3. The molecule has 34 heavy (non-hydrogen) atoms. The Labute approximate surface area is 203 Å². The first-order valence-corrected chi connectivity index (χ1v) is 12.0. The predicted molar refractivity (Wildman–Crippen MR) is 139 cm³/mol. The molecule has 0 saturated carbocycles. The van der Waals surface area contributed by atoms with E-state index in [1.54, 1.807) is 6.08 Å². The maximum atomic E-state index is 12.4. The molecule has 5 nitrogen and oxygen atoms in total. The van der Waals surface area contributed by atoms with Gasteiger partial charge in [-0.1, -0.05) is 60.7 Å². The summed E-state index contributed by atoms with van der Waals surface area (Å²) in [5.41, 5.74) is 5.01. The molecule has 6 heteroatoms. The Morgan fingerprint density at radius 1 is 0.882 bits per heavy atom. The highest BCUT2D eigenvalue weighted by molar-refractivity contribution is 7.14. The number of anilines is 1. The Kier molecular flexibility index (Phi) is 7.73. The maximum absolute atomic E-state index is 12.4. The van der Waals surface area contributed by atoms with Gasteiger partial charge in [-0.25, -0.2) is 4.98 Å². The molecule has 4 rings (SSSR count). The molecule has 0 spiro atoms. The van der Waals surface area contributed by atoms with Crippen molar-refractivity contribution < 1.29 is 14.3 Å². The summed E-state index contributed by atoms with van der Waals surface area (Å²) in [6.07, 6.45) is 3.23. The van der Waals surface area contributed by atoms with E-state index >= 15 is 0 Å². The van der Waals surface area contributed by atoms with Crippen molar-refractivity contribution in [2.75, 3.05) is 18.5 Å². The lowest BCUT2D eigenvalue weighted by molar-refractivity contribution is -0.111. The van der Waals surface area contributed by atoms with Crippen LogP contribution in [0.25, 0.3) is 28.5 Å². The van der Waals surface area contributed by atoms with Gasteiger partial charge in [-0.05, 0) is 48.7 Å². The number of hydrogen-bond acceptors (Lipinski definition) is 5. The summed E-state index contributed by atoms with van der Waals surface area (Å²) in [7, 11) is 0. The van der Waals surface area contributed by atoms with Gasteiger partial charge < -0.3 is 9.47 Å². The number of hydrogen-bond donors (Lipinski definition) is 1. The molecule has 1 heterocycles. The standard InChI is InChI=1S/C28H26N2O3S/c1-3-32-25-16-10-20(18-26(25)33-4-2)11-17-27(31)30-28-29-24(19-34-28)23-14-12-22(13-15-23)21-8-6-5-7-9-21/h5-19H,3-4H2,1-2H3,(H,29,30,31). The second kappa shape index (κ2) is 11.3. The lowest BCUT2D eigenvalue weighted by Gasteiger charge is -2.11. The van der Waals surface area contributed by atoms with E-state index in [1.807, 2.05) is 67.8 Å². The average Bonchev–Trinajstić information content (AvgIpc) is 3.33. The van der Waals surface area contributed by atoms with Gasteiger partial charge in [0.1, 0.15) is 0 Å². The molecule has 0 bridgehead atoms. The fraction of sp³-hybridized carbons (Fsp3) is 0.143. The predicted octanol–water partition coefficient (Wildman–Crippen LogP) is 6.93. The summed E-state index contributed by atoms with van der Waals surface area (Å²) >= 11 is 1.40. The van der Waals surface area contributed by atoms with E-state index in [0.29, 0.717) is 29.8 Å². The summed E-state index contributed by atoms with van der Waals surface area (Å²) in [5, 5.41) is 5.33. The van der Waals surface area contributed by atoms with Crippen LogP contribution in [0.1, 0.15) is 19.4 Å². The van der Waals surface area contributed by atoms with E-state index in [0.717, 1.165) is 22.4 Å². The molecule has 0 radical (unpaired) electrons. The van der Waals surface area contributed by atoms with Crippen LogP contribution >= 0.6 is 11.3 Å². The minimum absolute atomic E-state index is 0.243. The number of thiazole rings is 1. The van der Waals surface area contributed by atoms with Gasteiger partial charge in [0, 0.05) is 17.0 Å². The number of rotatable bonds is 9. The van der Waals surface area contributed by atoms with Crippen molar-refractivity contribution in [1.29, 1.82) is 0 Å². The monoisotopic (exact) mass is 470 g/mol. The van der Waals surface area contributed by atoms with Crippen LogP contribution in [0.3, 0.4) is 0 Å². The van der Waals surface area contributed by atoms with Crippen LogP contribution in [0, 0.1) is 0 Å². The second-order valence-electron chi connectivity index (χ2n) is 7.38. The number of carbonyl (C=O) groups excluding carboxylic acids is 1. The van der Waals surface area contributed by atoms with Gasteiger partial charge in [0.05, 0.1) is 18.9 Å². The summed E-state index contributed by atoms with van der Waals surface area (Å²) < 4.78 is 11.2. The number of ether oxygens (including phenoxy) is 2. The first-order chi connectivity index (χ1) is 16.7. The first kappa shape index (κ1) is 23.3. The van der Waals surface area contributed by atoms with Gasteiger partial charge in [0.15, 0.2) is 16.6 Å². The van der Waals surface area contributed by atoms with Crippen LogP contribution in [0.2, 0.25) is 0 Å². The van der Waals surface area contributed by atoms with Gasteiger partial charge in [0.2, 0.25) is 5.91 Å². The lowest BCUT2D eigenvalue weighted by atomic mass is 10.0. The maximum Gasteiger partial charge on any atom is 0.250 e. The Morgan fingerprint density at radius 3 is 2.29 bits per heavy atom. The van der Waals surface area contributed by atoms with E-state index in [1.165, 1.54) is 23.0 Å². The quantitative estimate of drug-likeness (QED) is 0.270. The molecule has 1 N–H and O–H groups in total. The minimum atomic E-state index is -0.243. The number of amides is 1. The molecule has 4 aromatic rings. The summed E-state index contributed by atoms with van der Waals surface area (Å²) in [4.78, 5) is 17.0. The SMILES string of the molecule is CCOc1ccc(C=CC(=O)Nc2nc(-c3ccc(-c4ccccc4)cc3)cs2)cc1OCC. The average molecular weight is 471 g/mol. The van der Waals surface area contributed by atoms with Gasteiger partial charge in [0.25, 0.3) is 0 Å². The molecule has 172 valence electrons. The van der Waals surface area contributed by atoms with E-state index in [9.17, 15) is 4.79 Å². The van der Waals surface area contributed by atoms with Crippen molar-refractivity contribution in [1.82, 2.24) is 4.98 Å². The summed E-state index contributed by atoms with van der Waals surface area (Å²) in [5.74, 6) is 1.11. The van der Waals surface area contributed by atoms with E-state index in [-0.39, 0.29) is 5.91 Å². The number of aromatic nitrogens is 1. The summed E-state index contributed by atoms with van der Waals surface area (Å²) in [6, 6.07) is 24.1. The van der Waals surface area contributed by atoms with Crippen LogP contribution in [0.15, 0.2) is 84.3 Å². The number of nitrogens with one attached hydrogen (secondary N) is 1. The van der Waals surface area contributed by atoms with E-state index in [2.05, 4.69) is 34.6 Å². The third-order valence-electron chi connectivity index (χ3n) is 5.02. The molecule has 0 saturated heterocycles. The zero-order valence-corrected chi connectivity index (χ0v) is 20.0. The van der Waals surface area contributed by atoms with Crippen molar-refractivity contribution in [3.05, 3.63) is 89.8 Å². The van der Waals surface area contributed by atoms with Crippen molar-refractivity contribution in [3.8, 4) is 33.9 Å². The largest absolute Gasteiger partial charge is 0.490 e. The third-order valence-corrected chi connectivity index (χ3v) is 5.77. The van der Waals surface area contributed by atoms with Crippen LogP contribution < -0.4 is 14.8 Å². The fourth-order valence-electron chi connectivity index (χ4n) is 3.42.